The van der Waals surface area contributed by atoms with Crippen LogP contribution in [0.15, 0.2) is 58.7 Å². The Hall–Kier alpha value is -2.56. The van der Waals surface area contributed by atoms with Gasteiger partial charge < -0.3 is 9.72 Å². The normalized spacial score (nSPS) is 12.1. The molecule has 0 unspecified atom stereocenters. The van der Waals surface area contributed by atoms with E-state index in [1.165, 1.54) is 0 Å². The monoisotopic (exact) mass is 287 g/mol. The van der Waals surface area contributed by atoms with Crippen molar-refractivity contribution in [3.8, 4) is 0 Å². The van der Waals surface area contributed by atoms with Crippen LogP contribution in [0.3, 0.4) is 0 Å². The van der Waals surface area contributed by atoms with Gasteiger partial charge in [0.15, 0.2) is 0 Å². The average Bonchev–Trinajstić information content (AvgIpc) is 2.72. The average molecular weight is 287 g/mol. The molecule has 0 aliphatic carbocycles. The molecular weight excluding hydrogens is 266 g/mol. The molecule has 0 spiro atoms. The molecule has 0 aliphatic rings. The molecule has 0 atom stereocenters. The van der Waals surface area contributed by atoms with E-state index in [2.05, 4.69) is 29.7 Å². The van der Waals surface area contributed by atoms with Gasteiger partial charge in [0, 0.05) is 17.0 Å². The molecule has 5 heteroatoms. The molecule has 1 heterocycles. The summed E-state index contributed by atoms with van der Waals surface area (Å²) in [6.07, 6.45) is 4.84. The van der Waals surface area contributed by atoms with E-state index in [4.69, 9.17) is 4.74 Å². The van der Waals surface area contributed by atoms with Crippen LogP contribution in [0, 0.1) is 6.92 Å². The van der Waals surface area contributed by atoms with Crippen LogP contribution in [-0.2, 0) is 11.3 Å². The van der Waals surface area contributed by atoms with E-state index < -0.39 is 0 Å². The van der Waals surface area contributed by atoms with Gasteiger partial charge >= 0.3 is 5.69 Å². The number of rotatable bonds is 7. The number of imidazole rings is 1. The van der Waals surface area contributed by atoms with Crippen molar-refractivity contribution >= 4 is 6.21 Å². The van der Waals surface area contributed by atoms with Crippen LogP contribution >= 0.6 is 0 Å². The Labute approximate surface area is 124 Å². The molecule has 0 aliphatic heterocycles. The molecule has 0 saturated heterocycles. The summed E-state index contributed by atoms with van der Waals surface area (Å²) in [5, 5.41) is 0. The second kappa shape index (κ2) is 7.28. The lowest BCUT2D eigenvalue weighted by Gasteiger charge is -2.09. The lowest BCUT2D eigenvalue weighted by atomic mass is 10.2. The smallest absolute Gasteiger partial charge is 0.326 e. The quantitative estimate of drug-likeness (QED) is 0.476. The number of H-pyrrole nitrogens is 1. The SMILES string of the molecule is C=C/C(Cn1c(C)c(C=NC(=C)C)[nH]c1=O)=C(\C=C)OC. The van der Waals surface area contributed by atoms with E-state index in [0.29, 0.717) is 23.7 Å². The molecule has 0 aromatic carbocycles. The van der Waals surface area contributed by atoms with E-state index in [1.807, 2.05) is 6.92 Å². The predicted octanol–water partition coefficient (Wildman–Crippen LogP) is 2.71. The number of ether oxygens (including phenoxy) is 1. The van der Waals surface area contributed by atoms with Crippen molar-refractivity contribution in [1.82, 2.24) is 9.55 Å². The largest absolute Gasteiger partial charge is 0.496 e. The molecule has 112 valence electrons. The Bertz CT molecular complexity index is 672. The highest BCUT2D eigenvalue weighted by Crippen LogP contribution is 2.12. The van der Waals surface area contributed by atoms with Gasteiger partial charge in [-0.1, -0.05) is 25.8 Å². The summed E-state index contributed by atoms with van der Waals surface area (Å²) in [7, 11) is 1.55. The molecule has 0 fully saturated rings. The molecule has 1 N–H and O–H groups in total. The van der Waals surface area contributed by atoms with Crippen molar-refractivity contribution in [2.75, 3.05) is 7.11 Å². The van der Waals surface area contributed by atoms with Crippen molar-refractivity contribution in [3.05, 3.63) is 70.8 Å². The molecule has 21 heavy (non-hydrogen) atoms. The van der Waals surface area contributed by atoms with E-state index in [9.17, 15) is 4.79 Å². The first kappa shape index (κ1) is 16.5. The summed E-state index contributed by atoms with van der Waals surface area (Å²) in [5.41, 5.74) is 2.67. The number of hydrogen-bond acceptors (Lipinski definition) is 3. The van der Waals surface area contributed by atoms with Gasteiger partial charge in [0.25, 0.3) is 0 Å². The number of hydrogen-bond donors (Lipinski definition) is 1. The van der Waals surface area contributed by atoms with Gasteiger partial charge in [0.1, 0.15) is 5.76 Å². The standard InChI is InChI=1S/C16H21N3O2/c1-7-13(15(8-2)21-6)10-19-12(5)14(18-16(19)20)9-17-11(3)4/h7-9H,1-3,10H2,4-6H3,(H,18,20)/b15-13-,17-9?. The Morgan fingerprint density at radius 1 is 1.43 bits per heavy atom. The molecule has 0 saturated carbocycles. The minimum Gasteiger partial charge on any atom is -0.496 e. The maximum absolute atomic E-state index is 12.1. The number of aliphatic imine (C=N–C) groups is 1. The number of aromatic nitrogens is 2. The summed E-state index contributed by atoms with van der Waals surface area (Å²) in [5.74, 6) is 0.592. The first-order chi connectivity index (χ1) is 9.94. The fraction of sp³-hybridized carbons (Fsp3) is 0.250. The van der Waals surface area contributed by atoms with E-state index in [-0.39, 0.29) is 5.69 Å². The van der Waals surface area contributed by atoms with Gasteiger partial charge in [0.05, 0.1) is 25.6 Å². The summed E-state index contributed by atoms with van der Waals surface area (Å²) in [4.78, 5) is 18.9. The third-order valence-electron chi connectivity index (χ3n) is 2.99. The van der Waals surface area contributed by atoms with Gasteiger partial charge in [-0.2, -0.15) is 0 Å². The summed E-state index contributed by atoms with van der Waals surface area (Å²) in [6.45, 7) is 15.1. The number of methoxy groups -OCH3 is 1. The maximum Gasteiger partial charge on any atom is 0.326 e. The van der Waals surface area contributed by atoms with Gasteiger partial charge in [0.2, 0.25) is 0 Å². The Morgan fingerprint density at radius 2 is 2.10 bits per heavy atom. The minimum atomic E-state index is -0.213. The van der Waals surface area contributed by atoms with E-state index in [1.54, 1.807) is 37.0 Å². The fourth-order valence-corrected chi connectivity index (χ4v) is 1.82. The summed E-state index contributed by atoms with van der Waals surface area (Å²) >= 11 is 0. The lowest BCUT2D eigenvalue weighted by molar-refractivity contribution is 0.301. The highest BCUT2D eigenvalue weighted by Gasteiger charge is 2.11. The predicted molar refractivity (Wildman–Crippen MR) is 86.6 cm³/mol. The van der Waals surface area contributed by atoms with Crippen molar-refractivity contribution < 1.29 is 4.74 Å². The molecule has 1 aromatic rings. The van der Waals surface area contributed by atoms with Crippen molar-refractivity contribution in [1.29, 1.82) is 0 Å². The van der Waals surface area contributed by atoms with Crippen LogP contribution in [0.5, 0.6) is 0 Å². The second-order valence-electron chi connectivity index (χ2n) is 4.51. The van der Waals surface area contributed by atoms with Crippen LogP contribution in [0.2, 0.25) is 0 Å². The van der Waals surface area contributed by atoms with Crippen LogP contribution in [0.4, 0.5) is 0 Å². The molecule has 0 radical (unpaired) electrons. The Morgan fingerprint density at radius 3 is 2.57 bits per heavy atom. The topological polar surface area (TPSA) is 59.4 Å². The fourth-order valence-electron chi connectivity index (χ4n) is 1.82. The summed E-state index contributed by atoms with van der Waals surface area (Å²) < 4.78 is 6.81. The zero-order valence-corrected chi connectivity index (χ0v) is 12.8. The lowest BCUT2D eigenvalue weighted by Crippen LogP contribution is -2.19. The van der Waals surface area contributed by atoms with Crippen LogP contribution < -0.4 is 5.69 Å². The highest BCUT2D eigenvalue weighted by molar-refractivity contribution is 5.79. The number of aromatic amines is 1. The third kappa shape index (κ3) is 3.95. The number of nitrogens with one attached hydrogen (secondary N) is 1. The van der Waals surface area contributed by atoms with E-state index in [0.717, 1.165) is 11.3 Å². The minimum absolute atomic E-state index is 0.213. The molecule has 1 rings (SSSR count). The van der Waals surface area contributed by atoms with Gasteiger partial charge in [-0.25, -0.2) is 4.79 Å². The molecule has 1 aromatic heterocycles. The maximum atomic E-state index is 12.1. The highest BCUT2D eigenvalue weighted by atomic mass is 16.5. The van der Waals surface area contributed by atoms with Crippen molar-refractivity contribution in [3.63, 3.8) is 0 Å². The third-order valence-corrected chi connectivity index (χ3v) is 2.99. The second-order valence-corrected chi connectivity index (χ2v) is 4.51. The molecule has 0 bridgehead atoms. The molecular formula is C16H21N3O2. The number of allylic oxidation sites excluding steroid dienone is 4. The first-order valence-electron chi connectivity index (χ1n) is 6.45. The van der Waals surface area contributed by atoms with E-state index >= 15 is 0 Å². The van der Waals surface area contributed by atoms with Crippen LogP contribution in [-0.4, -0.2) is 22.9 Å². The van der Waals surface area contributed by atoms with Crippen LogP contribution in [0.25, 0.3) is 0 Å². The van der Waals surface area contributed by atoms with Gasteiger partial charge in [-0.3, -0.25) is 9.56 Å². The van der Waals surface area contributed by atoms with Crippen molar-refractivity contribution in [2.45, 2.75) is 20.4 Å². The first-order valence-corrected chi connectivity index (χ1v) is 6.45. The molecule has 5 nitrogen and oxygen atoms in total. The van der Waals surface area contributed by atoms with Crippen LogP contribution in [0.1, 0.15) is 18.3 Å². The summed E-state index contributed by atoms with van der Waals surface area (Å²) in [6, 6.07) is 0. The van der Waals surface area contributed by atoms with Crippen molar-refractivity contribution in [2.24, 2.45) is 4.99 Å². The zero-order valence-electron chi connectivity index (χ0n) is 12.8. The number of nitrogens with zero attached hydrogens (tertiary/aromatic N) is 2. The van der Waals surface area contributed by atoms with Gasteiger partial charge in [-0.15, -0.1) is 0 Å². The zero-order chi connectivity index (χ0) is 16.0. The Kier molecular flexibility index (Phi) is 5.72. The molecule has 0 amide bonds. The van der Waals surface area contributed by atoms with Gasteiger partial charge in [-0.05, 0) is 19.9 Å². The Balaban J connectivity index is 3.24.